The molecule has 0 radical (unpaired) electrons. The molecule has 1 aliphatic heterocycles. The quantitative estimate of drug-likeness (QED) is 0.749. The second kappa shape index (κ2) is 3.24. The Balaban J connectivity index is 1.95. The molecule has 2 aliphatic rings. The molecule has 0 atom stereocenters. The lowest BCUT2D eigenvalue weighted by Gasteiger charge is -2.51. The highest BCUT2D eigenvalue weighted by Gasteiger charge is 2.48. The van der Waals surface area contributed by atoms with E-state index in [2.05, 4.69) is 18.2 Å². The Morgan fingerprint density at radius 2 is 2.07 bits per heavy atom. The third-order valence-corrected chi connectivity index (χ3v) is 4.07. The van der Waals surface area contributed by atoms with Crippen LogP contribution in [0.4, 0.5) is 5.69 Å². The Hall–Kier alpha value is -1.02. The zero-order valence-corrected chi connectivity index (χ0v) is 8.91. The zero-order valence-electron chi connectivity index (χ0n) is 8.91. The van der Waals surface area contributed by atoms with Gasteiger partial charge in [-0.2, -0.15) is 0 Å². The number of rotatable bonds is 2. The van der Waals surface area contributed by atoms with E-state index in [-0.39, 0.29) is 0 Å². The number of hydrogen-bond acceptors (Lipinski definition) is 2. The third kappa shape index (κ3) is 1.28. The van der Waals surface area contributed by atoms with Crippen LogP contribution >= 0.6 is 0 Å². The van der Waals surface area contributed by atoms with Gasteiger partial charge in [0.15, 0.2) is 0 Å². The molecule has 1 aromatic carbocycles. The van der Waals surface area contributed by atoms with Gasteiger partial charge in [-0.25, -0.2) is 0 Å². The molecule has 0 aromatic heterocycles. The van der Waals surface area contributed by atoms with E-state index in [1.165, 1.54) is 24.8 Å². The van der Waals surface area contributed by atoms with Crippen LogP contribution in [0.2, 0.25) is 0 Å². The van der Waals surface area contributed by atoms with Crippen molar-refractivity contribution in [3.63, 3.8) is 0 Å². The van der Waals surface area contributed by atoms with Crippen molar-refractivity contribution in [2.75, 3.05) is 18.9 Å². The summed E-state index contributed by atoms with van der Waals surface area (Å²) in [6.07, 6.45) is 4.10. The molecule has 0 unspecified atom stereocenters. The van der Waals surface area contributed by atoms with Crippen molar-refractivity contribution in [2.24, 2.45) is 5.92 Å². The summed E-state index contributed by atoms with van der Waals surface area (Å²) in [4.78, 5) is 0. The van der Waals surface area contributed by atoms with E-state index in [0.29, 0.717) is 5.41 Å². The monoisotopic (exact) mass is 203 g/mol. The summed E-state index contributed by atoms with van der Waals surface area (Å²) in [6, 6.07) is 8.35. The molecule has 1 saturated carbocycles. The topological polar surface area (TPSA) is 35.2 Å². The Kier molecular flexibility index (Phi) is 1.99. The molecular weight excluding hydrogens is 186 g/mol. The van der Waals surface area contributed by atoms with Crippen LogP contribution in [0, 0.1) is 5.92 Å². The van der Waals surface area contributed by atoms with Crippen LogP contribution in [0.25, 0.3) is 0 Å². The van der Waals surface area contributed by atoms with Crippen LogP contribution in [-0.2, 0) is 10.2 Å². The van der Waals surface area contributed by atoms with E-state index in [9.17, 15) is 0 Å². The van der Waals surface area contributed by atoms with Gasteiger partial charge in [-0.15, -0.1) is 0 Å². The van der Waals surface area contributed by atoms with Crippen molar-refractivity contribution in [3.8, 4) is 0 Å². The number of nitrogen functional groups attached to an aromatic ring is 1. The lowest BCUT2D eigenvalue weighted by Crippen LogP contribution is -2.54. The Morgan fingerprint density at radius 1 is 1.27 bits per heavy atom. The molecule has 1 aromatic rings. The van der Waals surface area contributed by atoms with Gasteiger partial charge in [0.25, 0.3) is 0 Å². The van der Waals surface area contributed by atoms with Crippen LogP contribution in [0.15, 0.2) is 24.3 Å². The Bertz CT molecular complexity index is 367. The summed E-state index contributed by atoms with van der Waals surface area (Å²) in [5, 5.41) is 0. The smallest absolute Gasteiger partial charge is 0.0588 e. The van der Waals surface area contributed by atoms with Gasteiger partial charge in [-0.1, -0.05) is 18.6 Å². The Morgan fingerprint density at radius 3 is 2.53 bits per heavy atom. The fourth-order valence-electron chi connectivity index (χ4n) is 2.77. The average molecular weight is 203 g/mol. The summed E-state index contributed by atoms with van der Waals surface area (Å²) >= 11 is 0. The maximum atomic E-state index is 5.85. The molecule has 0 spiro atoms. The zero-order chi connectivity index (χ0) is 10.3. The highest BCUT2D eigenvalue weighted by Crippen LogP contribution is 2.48. The number of benzene rings is 1. The second-order valence-corrected chi connectivity index (χ2v) is 4.90. The summed E-state index contributed by atoms with van der Waals surface area (Å²) in [7, 11) is 0. The maximum absolute atomic E-state index is 5.85. The molecule has 1 heterocycles. The first-order valence-corrected chi connectivity index (χ1v) is 5.75. The van der Waals surface area contributed by atoms with E-state index >= 15 is 0 Å². The van der Waals surface area contributed by atoms with E-state index in [1.807, 2.05) is 6.07 Å². The van der Waals surface area contributed by atoms with Crippen molar-refractivity contribution in [1.29, 1.82) is 0 Å². The first kappa shape index (κ1) is 9.22. The molecule has 1 saturated heterocycles. The van der Waals surface area contributed by atoms with Crippen LogP contribution in [-0.4, -0.2) is 13.2 Å². The number of nitrogens with two attached hydrogens (primary N) is 1. The highest BCUT2D eigenvalue weighted by molar-refractivity contribution is 5.44. The largest absolute Gasteiger partial charge is 0.399 e. The molecule has 2 heteroatoms. The summed E-state index contributed by atoms with van der Waals surface area (Å²) in [5.74, 6) is 0.827. The number of ether oxygens (including phenoxy) is 1. The predicted octanol–water partition coefficient (Wildman–Crippen LogP) is 2.34. The average Bonchev–Trinajstić information content (AvgIpc) is 2.07. The minimum absolute atomic E-state index is 0.299. The van der Waals surface area contributed by atoms with Gasteiger partial charge in [0.05, 0.1) is 13.2 Å². The van der Waals surface area contributed by atoms with E-state index in [4.69, 9.17) is 10.5 Å². The van der Waals surface area contributed by atoms with E-state index in [1.54, 1.807) is 0 Å². The lowest BCUT2D eigenvalue weighted by atomic mass is 9.61. The molecule has 2 nitrogen and oxygen atoms in total. The predicted molar refractivity (Wildman–Crippen MR) is 60.7 cm³/mol. The minimum atomic E-state index is 0.299. The normalized spacial score (nSPS) is 24.3. The van der Waals surface area contributed by atoms with Crippen molar-refractivity contribution < 1.29 is 4.74 Å². The standard InChI is InChI=1S/C13H17NO/c14-12-6-2-5-11(7-12)13(8-15-9-13)10-3-1-4-10/h2,5-7,10H,1,3-4,8-9,14H2. The SMILES string of the molecule is Nc1cccc(C2(C3CCC3)COC2)c1. The van der Waals surface area contributed by atoms with Gasteiger partial charge >= 0.3 is 0 Å². The third-order valence-electron chi connectivity index (χ3n) is 4.07. The van der Waals surface area contributed by atoms with Gasteiger partial charge < -0.3 is 10.5 Å². The molecule has 15 heavy (non-hydrogen) atoms. The fraction of sp³-hybridized carbons (Fsp3) is 0.538. The van der Waals surface area contributed by atoms with Crippen LogP contribution in [0.5, 0.6) is 0 Å². The van der Waals surface area contributed by atoms with Gasteiger partial charge in [0.2, 0.25) is 0 Å². The van der Waals surface area contributed by atoms with Crippen molar-refractivity contribution in [3.05, 3.63) is 29.8 Å². The van der Waals surface area contributed by atoms with E-state index < -0.39 is 0 Å². The first-order chi connectivity index (χ1) is 7.31. The number of anilines is 1. The van der Waals surface area contributed by atoms with Crippen LogP contribution < -0.4 is 5.73 Å². The summed E-state index contributed by atoms with van der Waals surface area (Å²) < 4.78 is 5.45. The Labute approximate surface area is 90.4 Å². The van der Waals surface area contributed by atoms with Gasteiger partial charge in [-0.3, -0.25) is 0 Å². The maximum Gasteiger partial charge on any atom is 0.0588 e. The first-order valence-electron chi connectivity index (χ1n) is 5.75. The van der Waals surface area contributed by atoms with Crippen LogP contribution in [0.3, 0.4) is 0 Å². The van der Waals surface area contributed by atoms with Crippen molar-refractivity contribution in [1.82, 2.24) is 0 Å². The highest BCUT2D eigenvalue weighted by atomic mass is 16.5. The molecule has 3 rings (SSSR count). The van der Waals surface area contributed by atoms with Gasteiger partial charge in [0.1, 0.15) is 0 Å². The van der Waals surface area contributed by atoms with Gasteiger partial charge in [0, 0.05) is 11.1 Å². The van der Waals surface area contributed by atoms with Crippen molar-refractivity contribution >= 4 is 5.69 Å². The molecule has 80 valence electrons. The molecule has 0 bridgehead atoms. The van der Waals surface area contributed by atoms with Gasteiger partial charge in [-0.05, 0) is 36.5 Å². The lowest BCUT2D eigenvalue weighted by molar-refractivity contribution is -0.107. The molecule has 1 aliphatic carbocycles. The summed E-state index contributed by atoms with van der Waals surface area (Å²) in [5.41, 5.74) is 8.41. The van der Waals surface area contributed by atoms with E-state index in [0.717, 1.165) is 24.8 Å². The molecule has 2 N–H and O–H groups in total. The van der Waals surface area contributed by atoms with Crippen molar-refractivity contribution in [2.45, 2.75) is 24.7 Å². The molecule has 0 amide bonds. The number of hydrogen-bond donors (Lipinski definition) is 1. The second-order valence-electron chi connectivity index (χ2n) is 4.90. The minimum Gasteiger partial charge on any atom is -0.399 e. The molecular formula is C13H17NO. The van der Waals surface area contributed by atoms with Crippen LogP contribution in [0.1, 0.15) is 24.8 Å². The summed E-state index contributed by atoms with van der Waals surface area (Å²) in [6.45, 7) is 1.78. The molecule has 2 fully saturated rings. The fourth-order valence-corrected chi connectivity index (χ4v) is 2.77.